The molecule has 24 heavy (non-hydrogen) atoms. The average Bonchev–Trinajstić information content (AvgIpc) is 3.01. The Kier molecular flexibility index (Phi) is 8.44. The van der Waals surface area contributed by atoms with E-state index in [2.05, 4.69) is 57.7 Å². The van der Waals surface area contributed by atoms with Gasteiger partial charge in [0.05, 0.1) is 31.1 Å². The summed E-state index contributed by atoms with van der Waals surface area (Å²) in [6.45, 7) is 15.4. The molecule has 0 aliphatic carbocycles. The molecule has 0 saturated carbocycles. The van der Waals surface area contributed by atoms with Crippen LogP contribution in [0, 0.1) is 5.41 Å². The van der Waals surface area contributed by atoms with Gasteiger partial charge in [-0.1, -0.05) is 46.3 Å². The van der Waals surface area contributed by atoms with Gasteiger partial charge < -0.3 is 9.47 Å². The molecule has 1 heterocycles. The number of ether oxygens (including phenoxy) is 2. The number of allylic oxidation sites excluding steroid dienone is 1. The summed E-state index contributed by atoms with van der Waals surface area (Å²) >= 11 is 0. The molecule has 1 fully saturated rings. The highest BCUT2D eigenvalue weighted by atomic mass is 16.5. The van der Waals surface area contributed by atoms with E-state index in [0.717, 1.165) is 25.8 Å². The molecule has 0 bridgehead atoms. The molecule has 1 atom stereocenters. The van der Waals surface area contributed by atoms with Crippen LogP contribution < -0.4 is 0 Å². The van der Waals surface area contributed by atoms with E-state index in [-0.39, 0.29) is 11.0 Å². The molecule has 0 aromatic carbocycles. The van der Waals surface area contributed by atoms with Gasteiger partial charge in [-0.3, -0.25) is 5.01 Å². The first-order chi connectivity index (χ1) is 11.3. The zero-order valence-electron chi connectivity index (χ0n) is 16.9. The second kappa shape index (κ2) is 9.57. The Hall–Kier alpha value is -0.870. The number of nitrogens with zero attached hydrogens (tertiary/aromatic N) is 2. The topological polar surface area (TPSA) is 34.1 Å². The third-order valence-corrected chi connectivity index (χ3v) is 5.55. The zero-order valence-corrected chi connectivity index (χ0v) is 16.9. The minimum absolute atomic E-state index is 0.0821. The fraction of sp³-hybridized carbons (Fsp3) is 0.850. The van der Waals surface area contributed by atoms with E-state index >= 15 is 0 Å². The molecular formula is C20H38N2O2. The summed E-state index contributed by atoms with van der Waals surface area (Å²) in [5, 5.41) is 6.87. The zero-order chi connectivity index (χ0) is 18.2. The van der Waals surface area contributed by atoms with Crippen molar-refractivity contribution in [2.75, 3.05) is 26.9 Å². The molecule has 0 unspecified atom stereocenters. The van der Waals surface area contributed by atoms with Crippen LogP contribution in [0.15, 0.2) is 16.8 Å². The van der Waals surface area contributed by atoms with Crippen LogP contribution >= 0.6 is 0 Å². The predicted octanol–water partition coefficient (Wildman–Crippen LogP) is 4.65. The van der Waals surface area contributed by atoms with E-state index in [4.69, 9.17) is 9.47 Å². The van der Waals surface area contributed by atoms with Crippen molar-refractivity contribution in [3.8, 4) is 0 Å². The molecule has 0 aromatic heterocycles. The molecule has 4 nitrogen and oxygen atoms in total. The van der Waals surface area contributed by atoms with Gasteiger partial charge in [-0.25, -0.2) is 0 Å². The second-order valence-corrected chi connectivity index (χ2v) is 7.77. The van der Waals surface area contributed by atoms with Crippen LogP contribution in [0.25, 0.3) is 0 Å². The van der Waals surface area contributed by atoms with Gasteiger partial charge in [0.2, 0.25) is 0 Å². The average molecular weight is 339 g/mol. The van der Waals surface area contributed by atoms with Crippen LogP contribution in [0.5, 0.6) is 0 Å². The lowest BCUT2D eigenvalue weighted by atomic mass is 9.87. The van der Waals surface area contributed by atoms with Crippen LogP contribution in [-0.2, 0) is 9.47 Å². The van der Waals surface area contributed by atoms with Gasteiger partial charge in [0.25, 0.3) is 0 Å². The van der Waals surface area contributed by atoms with Crippen molar-refractivity contribution in [3.05, 3.63) is 11.6 Å². The molecule has 1 aliphatic heterocycles. The fourth-order valence-corrected chi connectivity index (χ4v) is 3.32. The largest absolute Gasteiger partial charge is 0.376 e. The quantitative estimate of drug-likeness (QED) is 0.348. The molecule has 4 heteroatoms. The molecule has 140 valence electrons. The summed E-state index contributed by atoms with van der Waals surface area (Å²) in [6, 6.07) is 0.372. The van der Waals surface area contributed by atoms with E-state index in [1.54, 1.807) is 0 Å². The van der Waals surface area contributed by atoms with Gasteiger partial charge in [-0.15, -0.1) is 0 Å². The van der Waals surface area contributed by atoms with Crippen LogP contribution in [0.3, 0.4) is 0 Å². The normalized spacial score (nSPS) is 20.4. The van der Waals surface area contributed by atoms with Crippen molar-refractivity contribution in [2.24, 2.45) is 10.5 Å². The predicted molar refractivity (Wildman–Crippen MR) is 103 cm³/mol. The van der Waals surface area contributed by atoms with Crippen molar-refractivity contribution in [3.63, 3.8) is 0 Å². The molecule has 0 amide bonds. The van der Waals surface area contributed by atoms with E-state index < -0.39 is 0 Å². The number of methoxy groups -OCH3 is 1. The fourth-order valence-electron chi connectivity index (χ4n) is 3.32. The highest BCUT2D eigenvalue weighted by Gasteiger charge is 2.41. The summed E-state index contributed by atoms with van der Waals surface area (Å²) < 4.78 is 11.6. The van der Waals surface area contributed by atoms with E-state index in [1.165, 1.54) is 12.0 Å². The molecular weight excluding hydrogens is 300 g/mol. The number of hydrazone groups is 1. The van der Waals surface area contributed by atoms with Crippen molar-refractivity contribution in [1.82, 2.24) is 5.01 Å². The Morgan fingerprint density at radius 2 is 1.88 bits per heavy atom. The van der Waals surface area contributed by atoms with Gasteiger partial charge in [-0.05, 0) is 38.0 Å². The first-order valence-corrected chi connectivity index (χ1v) is 9.40. The lowest BCUT2D eigenvalue weighted by Crippen LogP contribution is -2.48. The van der Waals surface area contributed by atoms with Crippen molar-refractivity contribution >= 4 is 6.21 Å². The minimum atomic E-state index is -0.0821. The van der Waals surface area contributed by atoms with Crippen LogP contribution in [-0.4, -0.2) is 49.7 Å². The third-order valence-electron chi connectivity index (χ3n) is 5.55. The summed E-state index contributed by atoms with van der Waals surface area (Å²) in [7, 11) is 1.83. The maximum atomic E-state index is 5.90. The first kappa shape index (κ1) is 21.2. The monoisotopic (exact) mass is 338 g/mol. The summed E-state index contributed by atoms with van der Waals surface area (Å²) in [5.74, 6) is 0. The molecule has 1 rings (SSSR count). The standard InChI is InChI=1S/C20H38N2O2/c1-8-20(9-2,23-7)18-11-10-14-22(18)21-13-16-24-15-12-17(3)19(4,5)6/h12-13,18H,8-11,14-16H2,1-7H3/b17-12+,21-13+/t18-/m0/s1. The van der Waals surface area contributed by atoms with E-state index in [9.17, 15) is 0 Å². The number of rotatable bonds is 9. The third kappa shape index (κ3) is 5.59. The van der Waals surface area contributed by atoms with Crippen LogP contribution in [0.4, 0.5) is 0 Å². The molecule has 1 aliphatic rings. The van der Waals surface area contributed by atoms with Gasteiger partial charge in [0, 0.05) is 13.7 Å². The Bertz CT molecular complexity index is 412. The number of hydrogen-bond donors (Lipinski definition) is 0. The highest BCUT2D eigenvalue weighted by molar-refractivity contribution is 5.58. The van der Waals surface area contributed by atoms with Gasteiger partial charge >= 0.3 is 0 Å². The second-order valence-electron chi connectivity index (χ2n) is 7.77. The summed E-state index contributed by atoms with van der Waals surface area (Å²) in [4.78, 5) is 0. The smallest absolute Gasteiger partial charge is 0.0892 e. The van der Waals surface area contributed by atoms with Crippen LogP contribution in [0.1, 0.15) is 67.2 Å². The van der Waals surface area contributed by atoms with E-state index in [1.807, 2.05) is 13.3 Å². The molecule has 0 spiro atoms. The van der Waals surface area contributed by atoms with Crippen molar-refractivity contribution in [2.45, 2.75) is 78.9 Å². The Labute approximate surface area is 149 Å². The van der Waals surface area contributed by atoms with Gasteiger partial charge in [-0.2, -0.15) is 5.10 Å². The minimum Gasteiger partial charge on any atom is -0.376 e. The summed E-state index contributed by atoms with van der Waals surface area (Å²) in [5.41, 5.74) is 1.49. The maximum absolute atomic E-state index is 5.90. The van der Waals surface area contributed by atoms with E-state index in [0.29, 0.717) is 19.3 Å². The van der Waals surface area contributed by atoms with Crippen LogP contribution in [0.2, 0.25) is 0 Å². The van der Waals surface area contributed by atoms with Gasteiger partial charge in [0.15, 0.2) is 0 Å². The first-order valence-electron chi connectivity index (χ1n) is 9.40. The van der Waals surface area contributed by atoms with Gasteiger partial charge in [0.1, 0.15) is 0 Å². The lowest BCUT2D eigenvalue weighted by Gasteiger charge is -2.39. The molecule has 0 radical (unpaired) electrons. The maximum Gasteiger partial charge on any atom is 0.0892 e. The Balaban J connectivity index is 2.49. The molecule has 0 N–H and O–H groups in total. The van der Waals surface area contributed by atoms with Crippen molar-refractivity contribution < 1.29 is 9.47 Å². The SMILES string of the molecule is CCC(CC)(OC)[C@@H]1CCCN1/N=C/COC/C=C(\C)C(C)(C)C. The Morgan fingerprint density at radius 1 is 1.21 bits per heavy atom. The highest BCUT2D eigenvalue weighted by Crippen LogP contribution is 2.34. The Morgan fingerprint density at radius 3 is 2.42 bits per heavy atom. The summed E-state index contributed by atoms with van der Waals surface area (Å²) in [6.07, 6.45) is 8.43. The molecule has 0 aromatic rings. The van der Waals surface area contributed by atoms with Crippen molar-refractivity contribution in [1.29, 1.82) is 0 Å². The number of hydrogen-bond acceptors (Lipinski definition) is 4. The molecule has 1 saturated heterocycles. The lowest BCUT2D eigenvalue weighted by molar-refractivity contribution is -0.0731.